The first-order chi connectivity index (χ1) is 11.4. The van der Waals surface area contributed by atoms with Crippen LogP contribution in [-0.2, 0) is 4.79 Å². The van der Waals surface area contributed by atoms with Crippen LogP contribution in [0.3, 0.4) is 0 Å². The highest BCUT2D eigenvalue weighted by atomic mass is 35.5. The van der Waals surface area contributed by atoms with Crippen LogP contribution >= 0.6 is 11.6 Å². The first-order valence-electron chi connectivity index (χ1n) is 7.89. The number of benzene rings is 2. The van der Waals surface area contributed by atoms with Crippen LogP contribution in [0.5, 0.6) is 11.5 Å². The van der Waals surface area contributed by atoms with Crippen molar-refractivity contribution in [2.24, 2.45) is 0 Å². The van der Waals surface area contributed by atoms with Gasteiger partial charge in [-0.3, -0.25) is 4.79 Å². The van der Waals surface area contributed by atoms with Crippen LogP contribution in [0, 0.1) is 0 Å². The molecule has 0 aliphatic carbocycles. The van der Waals surface area contributed by atoms with Crippen molar-refractivity contribution in [2.45, 2.75) is 31.9 Å². The molecule has 2 aromatic carbocycles. The third kappa shape index (κ3) is 3.82. The monoisotopic (exact) mass is 345 g/mol. The van der Waals surface area contributed by atoms with Crippen molar-refractivity contribution in [3.05, 3.63) is 59.1 Å². The molecule has 1 aliphatic heterocycles. The maximum absolute atomic E-state index is 12.3. The van der Waals surface area contributed by atoms with Crippen molar-refractivity contribution in [2.75, 3.05) is 6.61 Å². The number of hydrogen-bond acceptors (Lipinski definition) is 3. The highest BCUT2D eigenvalue weighted by Gasteiger charge is 2.34. The summed E-state index contributed by atoms with van der Waals surface area (Å²) >= 11 is 6.03. The van der Waals surface area contributed by atoms with Crippen LogP contribution < -0.4 is 14.8 Å². The minimum Gasteiger partial charge on any atom is -0.487 e. The maximum Gasteiger partial charge on any atom is 0.258 e. The van der Waals surface area contributed by atoms with Crippen LogP contribution in [0.2, 0.25) is 5.02 Å². The molecule has 0 aromatic heterocycles. The molecule has 1 heterocycles. The van der Waals surface area contributed by atoms with Crippen molar-refractivity contribution < 1.29 is 14.3 Å². The summed E-state index contributed by atoms with van der Waals surface area (Å²) in [5.41, 5.74) is 0.651. The molecule has 0 spiro atoms. The molecular formula is C19H20ClNO3. The fraction of sp³-hybridized carbons (Fsp3) is 0.316. The van der Waals surface area contributed by atoms with Gasteiger partial charge >= 0.3 is 0 Å². The third-order valence-corrected chi connectivity index (χ3v) is 4.22. The fourth-order valence-electron chi connectivity index (χ4n) is 2.87. The SMILES string of the molecule is CC1(C)C[C@@H](NC(=O)COc2ccccc2Cl)c2ccccc2O1. The number of para-hydroxylation sites is 2. The Morgan fingerprint density at radius 2 is 1.96 bits per heavy atom. The number of halogens is 1. The van der Waals surface area contributed by atoms with Gasteiger partial charge in [0.1, 0.15) is 17.1 Å². The number of ether oxygens (including phenoxy) is 2. The molecular weight excluding hydrogens is 326 g/mol. The second-order valence-electron chi connectivity index (χ2n) is 6.44. The molecule has 0 fully saturated rings. The highest BCUT2D eigenvalue weighted by Crippen LogP contribution is 2.39. The van der Waals surface area contributed by atoms with E-state index in [-0.39, 0.29) is 24.2 Å². The smallest absolute Gasteiger partial charge is 0.258 e. The predicted molar refractivity (Wildman–Crippen MR) is 93.6 cm³/mol. The minimum atomic E-state index is -0.337. The van der Waals surface area contributed by atoms with Gasteiger partial charge in [0.05, 0.1) is 11.1 Å². The lowest BCUT2D eigenvalue weighted by molar-refractivity contribution is -0.124. The molecule has 1 N–H and O–H groups in total. The number of carbonyl (C=O) groups excluding carboxylic acids is 1. The second kappa shape index (κ2) is 6.73. The number of rotatable bonds is 4. The molecule has 0 radical (unpaired) electrons. The predicted octanol–water partition coefficient (Wildman–Crippen LogP) is 4.14. The summed E-state index contributed by atoms with van der Waals surface area (Å²) in [7, 11) is 0. The van der Waals surface area contributed by atoms with Crippen LogP contribution in [0.25, 0.3) is 0 Å². The van der Waals surface area contributed by atoms with E-state index in [2.05, 4.69) is 5.32 Å². The summed E-state index contributed by atoms with van der Waals surface area (Å²) in [5, 5.41) is 3.52. The third-order valence-electron chi connectivity index (χ3n) is 3.91. The van der Waals surface area contributed by atoms with E-state index >= 15 is 0 Å². The van der Waals surface area contributed by atoms with Gasteiger partial charge in [0.2, 0.25) is 0 Å². The number of hydrogen-bond donors (Lipinski definition) is 1. The Morgan fingerprint density at radius 1 is 1.25 bits per heavy atom. The minimum absolute atomic E-state index is 0.0797. The number of amides is 1. The Balaban J connectivity index is 1.67. The van der Waals surface area contributed by atoms with Crippen molar-refractivity contribution in [3.8, 4) is 11.5 Å². The van der Waals surface area contributed by atoms with Crippen LogP contribution in [0.4, 0.5) is 0 Å². The van der Waals surface area contributed by atoms with Gasteiger partial charge < -0.3 is 14.8 Å². The van der Waals surface area contributed by atoms with Crippen LogP contribution in [0.15, 0.2) is 48.5 Å². The van der Waals surface area contributed by atoms with Gasteiger partial charge in [0.15, 0.2) is 6.61 Å². The van der Waals surface area contributed by atoms with Crippen molar-refractivity contribution in [1.82, 2.24) is 5.32 Å². The van der Waals surface area contributed by atoms with Crippen molar-refractivity contribution >= 4 is 17.5 Å². The van der Waals surface area contributed by atoms with Gasteiger partial charge in [0.25, 0.3) is 5.91 Å². The molecule has 24 heavy (non-hydrogen) atoms. The summed E-state index contributed by atoms with van der Waals surface area (Å²) in [6.45, 7) is 3.95. The fourth-order valence-corrected chi connectivity index (χ4v) is 3.06. The molecule has 2 aromatic rings. The molecule has 0 saturated carbocycles. The quantitative estimate of drug-likeness (QED) is 0.906. The van der Waals surface area contributed by atoms with Gasteiger partial charge in [-0.25, -0.2) is 0 Å². The van der Waals surface area contributed by atoms with Gasteiger partial charge in [0, 0.05) is 12.0 Å². The van der Waals surface area contributed by atoms with E-state index in [1.165, 1.54) is 0 Å². The van der Waals surface area contributed by atoms with E-state index in [1.54, 1.807) is 12.1 Å². The Labute approximate surface area is 146 Å². The highest BCUT2D eigenvalue weighted by molar-refractivity contribution is 6.32. The average molecular weight is 346 g/mol. The lowest BCUT2D eigenvalue weighted by Gasteiger charge is -2.37. The number of fused-ring (bicyclic) bond motifs is 1. The summed E-state index contributed by atoms with van der Waals surface area (Å²) in [4.78, 5) is 12.3. The zero-order valence-corrected chi connectivity index (χ0v) is 14.5. The molecule has 5 heteroatoms. The first kappa shape index (κ1) is 16.7. The Morgan fingerprint density at radius 3 is 2.75 bits per heavy atom. The molecule has 0 unspecified atom stereocenters. The molecule has 1 atom stereocenters. The van der Waals surface area contributed by atoms with Gasteiger partial charge in [-0.05, 0) is 32.0 Å². The molecule has 1 amide bonds. The average Bonchev–Trinajstić information content (AvgIpc) is 2.53. The summed E-state index contributed by atoms with van der Waals surface area (Å²) < 4.78 is 11.5. The van der Waals surface area contributed by atoms with E-state index in [0.29, 0.717) is 17.2 Å². The number of nitrogens with one attached hydrogen (secondary N) is 1. The Bertz CT molecular complexity index is 745. The van der Waals surface area contributed by atoms with E-state index in [0.717, 1.165) is 11.3 Å². The summed E-state index contributed by atoms with van der Waals surface area (Å²) in [6.07, 6.45) is 0.696. The lowest BCUT2D eigenvalue weighted by atomic mass is 9.90. The van der Waals surface area contributed by atoms with Crippen molar-refractivity contribution in [3.63, 3.8) is 0 Å². The number of carbonyl (C=O) groups is 1. The normalized spacial score (nSPS) is 18.2. The molecule has 0 saturated heterocycles. The van der Waals surface area contributed by atoms with E-state index in [4.69, 9.17) is 21.1 Å². The van der Waals surface area contributed by atoms with Crippen LogP contribution in [0.1, 0.15) is 31.9 Å². The molecule has 3 rings (SSSR count). The van der Waals surface area contributed by atoms with Crippen LogP contribution in [-0.4, -0.2) is 18.1 Å². The van der Waals surface area contributed by atoms with Gasteiger partial charge in [-0.15, -0.1) is 0 Å². The van der Waals surface area contributed by atoms with E-state index in [9.17, 15) is 4.79 Å². The van der Waals surface area contributed by atoms with Gasteiger partial charge in [-0.1, -0.05) is 41.9 Å². The summed E-state index contributed by atoms with van der Waals surface area (Å²) in [5.74, 6) is 1.13. The molecule has 1 aliphatic rings. The van der Waals surface area contributed by atoms with Gasteiger partial charge in [-0.2, -0.15) is 0 Å². The molecule has 4 nitrogen and oxygen atoms in total. The Hall–Kier alpha value is -2.20. The zero-order chi connectivity index (χ0) is 17.2. The second-order valence-corrected chi connectivity index (χ2v) is 6.85. The lowest BCUT2D eigenvalue weighted by Crippen LogP contribution is -2.42. The topological polar surface area (TPSA) is 47.6 Å². The molecule has 126 valence electrons. The first-order valence-corrected chi connectivity index (χ1v) is 8.27. The van der Waals surface area contributed by atoms with E-state index < -0.39 is 0 Å². The summed E-state index contributed by atoms with van der Waals surface area (Å²) in [6, 6.07) is 14.8. The maximum atomic E-state index is 12.3. The Kier molecular flexibility index (Phi) is 4.67. The van der Waals surface area contributed by atoms with E-state index in [1.807, 2.05) is 50.2 Å². The molecule has 0 bridgehead atoms. The standard InChI is InChI=1S/C19H20ClNO3/c1-19(2)11-15(13-7-3-5-9-16(13)24-19)21-18(22)12-23-17-10-6-4-8-14(17)20/h3-10,15H,11-12H2,1-2H3,(H,21,22)/t15-/m1/s1. The largest absolute Gasteiger partial charge is 0.487 e. The van der Waals surface area contributed by atoms with Crippen molar-refractivity contribution in [1.29, 1.82) is 0 Å². The zero-order valence-electron chi connectivity index (χ0n) is 13.7.